The smallest absolute Gasteiger partial charge is 0.287 e. The van der Waals surface area contributed by atoms with Gasteiger partial charge in [-0.05, 0) is 47.5 Å². The molecule has 1 heterocycles. The summed E-state index contributed by atoms with van der Waals surface area (Å²) in [6.45, 7) is 0.356. The first kappa shape index (κ1) is 20.2. The Morgan fingerprint density at radius 3 is 2.61 bits per heavy atom. The third-order valence-corrected chi connectivity index (χ3v) is 5.53. The largest absolute Gasteiger partial charge is 0.497 e. The molecule has 0 unspecified atom stereocenters. The first-order valence-corrected chi connectivity index (χ1v) is 10.5. The molecule has 146 valence electrons. The van der Waals surface area contributed by atoms with Crippen LogP contribution in [0.4, 0.5) is 0 Å². The molecule has 2 aromatic carbocycles. The van der Waals surface area contributed by atoms with Gasteiger partial charge in [-0.1, -0.05) is 35.9 Å². The van der Waals surface area contributed by atoms with Crippen LogP contribution >= 0.6 is 11.6 Å². The quantitative estimate of drug-likeness (QED) is 0.592. The van der Waals surface area contributed by atoms with Crippen molar-refractivity contribution in [1.29, 1.82) is 0 Å². The highest BCUT2D eigenvalue weighted by atomic mass is 35.5. The molecule has 1 amide bonds. The summed E-state index contributed by atoms with van der Waals surface area (Å²) in [5.74, 6) is 1.76. The van der Waals surface area contributed by atoms with Gasteiger partial charge in [0.05, 0.1) is 12.9 Å². The average Bonchev–Trinajstić information content (AvgIpc) is 3.16. The number of carbonyl (C=O) groups is 1. The zero-order valence-corrected chi connectivity index (χ0v) is 16.9. The van der Waals surface area contributed by atoms with Crippen LogP contribution in [0.25, 0.3) is 0 Å². The lowest BCUT2D eigenvalue weighted by Crippen LogP contribution is -2.22. The molecule has 1 atom stereocenters. The minimum absolute atomic E-state index is 0.196. The Labute approximate surface area is 171 Å². The summed E-state index contributed by atoms with van der Waals surface area (Å²) < 4.78 is 23.0. The molecule has 5 nitrogen and oxygen atoms in total. The fourth-order valence-corrected chi connectivity index (χ4v) is 3.87. The Balaban J connectivity index is 1.53. The van der Waals surface area contributed by atoms with Crippen LogP contribution in [0.15, 0.2) is 65.1 Å². The summed E-state index contributed by atoms with van der Waals surface area (Å²) in [5, 5.41) is 3.45. The van der Waals surface area contributed by atoms with Gasteiger partial charge in [0.15, 0.2) is 5.76 Å². The molecule has 7 heteroatoms. The number of ether oxygens (including phenoxy) is 1. The maximum Gasteiger partial charge on any atom is 0.287 e. The lowest BCUT2D eigenvalue weighted by Gasteiger charge is -2.05. The van der Waals surface area contributed by atoms with Crippen molar-refractivity contribution in [2.45, 2.75) is 18.1 Å². The first-order valence-electron chi connectivity index (χ1n) is 8.63. The Kier molecular flexibility index (Phi) is 6.90. The van der Waals surface area contributed by atoms with Crippen LogP contribution in [-0.2, 0) is 28.9 Å². The summed E-state index contributed by atoms with van der Waals surface area (Å²) >= 11 is 5.86. The maximum atomic E-state index is 12.3. The molecular weight excluding hydrogens is 398 g/mol. The molecule has 0 aliphatic rings. The molecule has 0 aliphatic heterocycles. The van der Waals surface area contributed by atoms with E-state index >= 15 is 0 Å². The van der Waals surface area contributed by atoms with E-state index in [1.165, 1.54) is 0 Å². The fraction of sp³-hybridized carbons (Fsp3) is 0.190. The van der Waals surface area contributed by atoms with Gasteiger partial charge in [-0.15, -0.1) is 0 Å². The maximum absolute atomic E-state index is 12.3. The minimum Gasteiger partial charge on any atom is -0.497 e. The number of amides is 1. The van der Waals surface area contributed by atoms with Gasteiger partial charge in [0.2, 0.25) is 0 Å². The number of nitrogens with one attached hydrogen (secondary N) is 1. The molecule has 3 rings (SSSR count). The van der Waals surface area contributed by atoms with E-state index in [1.807, 2.05) is 36.4 Å². The van der Waals surface area contributed by atoms with E-state index < -0.39 is 10.8 Å². The van der Waals surface area contributed by atoms with Crippen molar-refractivity contribution in [3.05, 3.63) is 88.3 Å². The Morgan fingerprint density at radius 1 is 1.07 bits per heavy atom. The molecule has 0 saturated carbocycles. The van der Waals surface area contributed by atoms with Crippen molar-refractivity contribution >= 4 is 28.3 Å². The van der Waals surface area contributed by atoms with Crippen LogP contribution < -0.4 is 10.1 Å². The predicted octanol–water partition coefficient (Wildman–Crippen LogP) is 4.32. The second-order valence-corrected chi connectivity index (χ2v) is 8.05. The number of rotatable bonds is 8. The molecule has 0 bridgehead atoms. The number of halogens is 1. The van der Waals surface area contributed by atoms with Crippen molar-refractivity contribution in [1.82, 2.24) is 5.32 Å². The van der Waals surface area contributed by atoms with Crippen molar-refractivity contribution in [2.24, 2.45) is 0 Å². The highest BCUT2D eigenvalue weighted by Gasteiger charge is 2.13. The van der Waals surface area contributed by atoms with Crippen LogP contribution in [0.2, 0.25) is 5.02 Å². The topological polar surface area (TPSA) is 68.5 Å². The summed E-state index contributed by atoms with van der Waals surface area (Å²) in [7, 11) is 0.448. The zero-order valence-electron chi connectivity index (χ0n) is 15.3. The fourth-order valence-electron chi connectivity index (χ4n) is 2.61. The van der Waals surface area contributed by atoms with E-state index in [-0.39, 0.29) is 17.4 Å². The molecule has 1 aromatic heterocycles. The summed E-state index contributed by atoms with van der Waals surface area (Å²) in [5.41, 5.74) is 1.86. The van der Waals surface area contributed by atoms with Crippen LogP contribution in [0, 0.1) is 0 Å². The lowest BCUT2D eigenvalue weighted by molar-refractivity contribution is 0.0921. The average molecular weight is 418 g/mol. The van der Waals surface area contributed by atoms with Crippen molar-refractivity contribution in [3.63, 3.8) is 0 Å². The predicted molar refractivity (Wildman–Crippen MR) is 110 cm³/mol. The van der Waals surface area contributed by atoms with E-state index in [2.05, 4.69) is 5.32 Å². The monoisotopic (exact) mass is 417 g/mol. The Bertz CT molecular complexity index is 969. The second kappa shape index (κ2) is 9.57. The number of carbonyl (C=O) groups excluding carboxylic acids is 1. The van der Waals surface area contributed by atoms with Crippen molar-refractivity contribution in [3.8, 4) is 5.75 Å². The summed E-state index contributed by atoms with van der Waals surface area (Å²) in [6, 6.07) is 18.0. The molecule has 0 aliphatic carbocycles. The second-order valence-electron chi connectivity index (χ2n) is 6.16. The Morgan fingerprint density at radius 2 is 1.86 bits per heavy atom. The third-order valence-electron chi connectivity index (χ3n) is 4.02. The molecule has 0 fully saturated rings. The molecular formula is C21H20ClNO4S. The molecule has 1 N–H and O–H groups in total. The highest BCUT2D eigenvalue weighted by Crippen LogP contribution is 2.16. The van der Waals surface area contributed by atoms with Gasteiger partial charge < -0.3 is 14.5 Å². The van der Waals surface area contributed by atoms with Gasteiger partial charge in [-0.2, -0.15) is 0 Å². The standard InChI is InChI=1S/C21H20ClNO4S/c1-26-18-4-2-3-16(11-18)12-23-21(24)20-10-9-19(27-20)14-28(25)13-15-5-7-17(22)8-6-15/h2-11H,12-14H2,1H3,(H,23,24)/t28-/m0/s1. The molecule has 28 heavy (non-hydrogen) atoms. The van der Waals surface area contributed by atoms with Gasteiger partial charge in [-0.3, -0.25) is 9.00 Å². The van der Waals surface area contributed by atoms with Gasteiger partial charge in [0.25, 0.3) is 5.91 Å². The third kappa shape index (κ3) is 5.71. The zero-order chi connectivity index (χ0) is 19.9. The molecule has 0 radical (unpaired) electrons. The summed E-state index contributed by atoms with van der Waals surface area (Å²) in [6.07, 6.45) is 0. The summed E-state index contributed by atoms with van der Waals surface area (Å²) in [4.78, 5) is 12.3. The molecule has 0 saturated heterocycles. The van der Waals surface area contributed by atoms with E-state index in [1.54, 1.807) is 31.4 Å². The Hall–Kier alpha value is -2.57. The highest BCUT2D eigenvalue weighted by molar-refractivity contribution is 7.83. The van der Waals surface area contributed by atoms with E-state index in [0.717, 1.165) is 16.9 Å². The van der Waals surface area contributed by atoms with Crippen LogP contribution in [0.1, 0.15) is 27.4 Å². The van der Waals surface area contributed by atoms with Crippen LogP contribution in [0.3, 0.4) is 0 Å². The normalized spacial score (nSPS) is 11.8. The minimum atomic E-state index is -1.15. The van der Waals surface area contributed by atoms with E-state index in [9.17, 15) is 9.00 Å². The van der Waals surface area contributed by atoms with Gasteiger partial charge in [-0.25, -0.2) is 0 Å². The number of furan rings is 1. The van der Waals surface area contributed by atoms with Crippen LogP contribution in [0.5, 0.6) is 5.75 Å². The van der Waals surface area contributed by atoms with Crippen molar-refractivity contribution in [2.75, 3.05) is 7.11 Å². The van der Waals surface area contributed by atoms with Crippen molar-refractivity contribution < 1.29 is 18.2 Å². The van der Waals surface area contributed by atoms with E-state index in [0.29, 0.717) is 23.1 Å². The number of hydrogen-bond donors (Lipinski definition) is 1. The van der Waals surface area contributed by atoms with Gasteiger partial charge in [0, 0.05) is 28.1 Å². The SMILES string of the molecule is COc1cccc(CNC(=O)c2ccc(C[S@@](=O)Cc3ccc(Cl)cc3)o2)c1. The number of benzene rings is 2. The number of methoxy groups -OCH3 is 1. The van der Waals surface area contributed by atoms with Crippen LogP contribution in [-0.4, -0.2) is 17.2 Å². The lowest BCUT2D eigenvalue weighted by atomic mass is 10.2. The van der Waals surface area contributed by atoms with Gasteiger partial charge in [0.1, 0.15) is 11.5 Å². The number of hydrogen-bond acceptors (Lipinski definition) is 4. The first-order chi connectivity index (χ1) is 13.5. The van der Waals surface area contributed by atoms with Gasteiger partial charge >= 0.3 is 0 Å². The molecule has 0 spiro atoms. The van der Waals surface area contributed by atoms with E-state index in [4.69, 9.17) is 20.8 Å². The molecule has 3 aromatic rings.